The van der Waals surface area contributed by atoms with Crippen molar-refractivity contribution in [3.63, 3.8) is 0 Å². The van der Waals surface area contributed by atoms with Crippen LogP contribution < -0.4 is 16.8 Å². The van der Waals surface area contributed by atoms with Crippen molar-refractivity contribution in [3.8, 4) is 0 Å². The largest absolute Gasteiger partial charge is 0.480 e. The Bertz CT molecular complexity index is 435. The van der Waals surface area contributed by atoms with Crippen LogP contribution in [-0.4, -0.2) is 53.8 Å². The Morgan fingerprint density at radius 3 is 2.46 bits per heavy atom. The van der Waals surface area contributed by atoms with E-state index < -0.39 is 30.1 Å². The Balaban J connectivity index is 4.48. The summed E-state index contributed by atoms with van der Waals surface area (Å²) in [6.07, 6.45) is -0.109. The summed E-state index contributed by atoms with van der Waals surface area (Å²) in [4.78, 5) is 45.2. The molecule has 0 heterocycles. The van der Waals surface area contributed by atoms with Crippen molar-refractivity contribution in [3.05, 3.63) is 0 Å². The van der Waals surface area contributed by atoms with Crippen LogP contribution in [0.15, 0.2) is 0 Å². The third-order valence-electron chi connectivity index (χ3n) is 3.31. The zero-order chi connectivity index (χ0) is 18.5. The highest BCUT2D eigenvalue weighted by Gasteiger charge is 2.26. The number of carbonyl (C=O) groups is 4. The van der Waals surface area contributed by atoms with Gasteiger partial charge < -0.3 is 20.9 Å². The molecular formula is C14H25N3O6S. The number of nitrogens with two attached hydrogens (primary N) is 2. The fraction of sp³-hybridized carbons (Fsp3) is 0.714. The standard InChI is InChI=1S/C14H25N3O6S/c15-5-1-2-11(14(21)22)17-13(20)9(7-24)6-10(19)3-4-12(16)23-8-18/h8-9,11-12,24H,1-7,15-16H2,(H,17,20)(H,21,22). The molecule has 0 bridgehead atoms. The topological polar surface area (TPSA) is 162 Å². The highest BCUT2D eigenvalue weighted by atomic mass is 32.1. The summed E-state index contributed by atoms with van der Waals surface area (Å²) in [5.74, 6) is -2.60. The third-order valence-corrected chi connectivity index (χ3v) is 3.76. The molecule has 3 unspecified atom stereocenters. The number of ketones is 1. The summed E-state index contributed by atoms with van der Waals surface area (Å²) in [7, 11) is 0. The minimum atomic E-state index is -1.15. The lowest BCUT2D eigenvalue weighted by atomic mass is 9.99. The van der Waals surface area contributed by atoms with Crippen LogP contribution in [0.2, 0.25) is 0 Å². The first-order chi connectivity index (χ1) is 11.3. The summed E-state index contributed by atoms with van der Waals surface area (Å²) >= 11 is 4.04. The first-order valence-corrected chi connectivity index (χ1v) is 8.19. The number of carboxylic acids is 1. The van der Waals surface area contributed by atoms with Gasteiger partial charge in [-0.2, -0.15) is 12.6 Å². The average Bonchev–Trinajstić information content (AvgIpc) is 2.54. The molecular weight excluding hydrogens is 338 g/mol. The minimum Gasteiger partial charge on any atom is -0.480 e. The molecule has 0 rings (SSSR count). The van der Waals surface area contributed by atoms with Gasteiger partial charge in [-0.15, -0.1) is 0 Å². The molecule has 10 heteroatoms. The van der Waals surface area contributed by atoms with Gasteiger partial charge in [-0.1, -0.05) is 0 Å². The number of Topliss-reactive ketones (excluding diaryl/α,β-unsaturated/α-hetero) is 1. The Kier molecular flexibility index (Phi) is 11.9. The zero-order valence-corrected chi connectivity index (χ0v) is 14.2. The normalized spacial score (nSPS) is 14.3. The van der Waals surface area contributed by atoms with Crippen LogP contribution in [0.1, 0.15) is 32.1 Å². The summed E-state index contributed by atoms with van der Waals surface area (Å²) in [6, 6.07) is -1.05. The number of nitrogens with one attached hydrogen (secondary N) is 1. The van der Waals surface area contributed by atoms with Gasteiger partial charge in [-0.25, -0.2) is 4.79 Å². The Labute approximate surface area is 145 Å². The molecule has 0 saturated carbocycles. The second-order valence-corrected chi connectivity index (χ2v) is 5.63. The highest BCUT2D eigenvalue weighted by Crippen LogP contribution is 2.11. The second-order valence-electron chi connectivity index (χ2n) is 5.26. The van der Waals surface area contributed by atoms with E-state index in [1.54, 1.807) is 0 Å². The molecule has 6 N–H and O–H groups in total. The van der Waals surface area contributed by atoms with Gasteiger partial charge in [0.25, 0.3) is 6.47 Å². The minimum absolute atomic E-state index is 0.0437. The maximum absolute atomic E-state index is 12.1. The van der Waals surface area contributed by atoms with Crippen molar-refractivity contribution >= 4 is 36.8 Å². The zero-order valence-electron chi connectivity index (χ0n) is 13.3. The van der Waals surface area contributed by atoms with Crippen LogP contribution in [0.25, 0.3) is 0 Å². The number of aliphatic carboxylic acids is 1. The molecule has 0 aliphatic rings. The summed E-state index contributed by atoms with van der Waals surface area (Å²) < 4.78 is 4.46. The first kappa shape index (κ1) is 22.4. The highest BCUT2D eigenvalue weighted by molar-refractivity contribution is 7.80. The van der Waals surface area contributed by atoms with E-state index in [0.717, 1.165) is 0 Å². The summed E-state index contributed by atoms with van der Waals surface area (Å²) in [6.45, 7) is 0.518. The van der Waals surface area contributed by atoms with Crippen molar-refractivity contribution in [1.29, 1.82) is 0 Å². The molecule has 0 aromatic rings. The number of hydrogen-bond donors (Lipinski definition) is 5. The van der Waals surface area contributed by atoms with Gasteiger partial charge in [0, 0.05) is 25.0 Å². The monoisotopic (exact) mass is 363 g/mol. The van der Waals surface area contributed by atoms with E-state index in [9.17, 15) is 19.2 Å². The van der Waals surface area contributed by atoms with E-state index in [2.05, 4.69) is 22.7 Å². The number of thiol groups is 1. The lowest BCUT2D eigenvalue weighted by Gasteiger charge is -2.19. The van der Waals surface area contributed by atoms with E-state index >= 15 is 0 Å². The van der Waals surface area contributed by atoms with E-state index in [1.807, 2.05) is 0 Å². The predicted molar refractivity (Wildman–Crippen MR) is 89.2 cm³/mol. The first-order valence-electron chi connectivity index (χ1n) is 7.56. The SMILES string of the molecule is NCCCC(NC(=O)C(CS)CC(=O)CCC(N)OC=O)C(=O)O. The fourth-order valence-electron chi connectivity index (χ4n) is 1.93. The number of hydrogen-bond acceptors (Lipinski definition) is 8. The van der Waals surface area contributed by atoms with Gasteiger partial charge >= 0.3 is 5.97 Å². The Morgan fingerprint density at radius 2 is 1.96 bits per heavy atom. The van der Waals surface area contributed by atoms with Gasteiger partial charge in [-0.3, -0.25) is 20.1 Å². The van der Waals surface area contributed by atoms with Crippen molar-refractivity contribution in [2.75, 3.05) is 12.3 Å². The molecule has 1 amide bonds. The molecule has 138 valence electrons. The van der Waals surface area contributed by atoms with Crippen molar-refractivity contribution in [2.24, 2.45) is 17.4 Å². The van der Waals surface area contributed by atoms with Gasteiger partial charge in [0.15, 0.2) is 6.23 Å². The van der Waals surface area contributed by atoms with E-state index in [0.29, 0.717) is 13.0 Å². The maximum Gasteiger partial charge on any atom is 0.326 e. The van der Waals surface area contributed by atoms with Crippen LogP contribution >= 0.6 is 12.6 Å². The van der Waals surface area contributed by atoms with Crippen molar-refractivity contribution < 1.29 is 29.0 Å². The fourth-order valence-corrected chi connectivity index (χ4v) is 2.22. The van der Waals surface area contributed by atoms with Crippen molar-refractivity contribution in [2.45, 2.75) is 44.4 Å². The average molecular weight is 363 g/mol. The molecule has 3 atom stereocenters. The molecule has 9 nitrogen and oxygen atoms in total. The Morgan fingerprint density at radius 1 is 1.29 bits per heavy atom. The van der Waals surface area contributed by atoms with Crippen molar-refractivity contribution in [1.82, 2.24) is 5.32 Å². The number of ether oxygens (including phenoxy) is 1. The number of carbonyl (C=O) groups excluding carboxylic acids is 3. The summed E-state index contributed by atoms with van der Waals surface area (Å²) in [5.41, 5.74) is 10.8. The number of amides is 1. The van der Waals surface area contributed by atoms with E-state index in [4.69, 9.17) is 16.6 Å². The summed E-state index contributed by atoms with van der Waals surface area (Å²) in [5, 5.41) is 11.5. The maximum atomic E-state index is 12.1. The molecule has 0 saturated heterocycles. The molecule has 0 spiro atoms. The smallest absolute Gasteiger partial charge is 0.326 e. The molecule has 0 aromatic heterocycles. The second kappa shape index (κ2) is 12.7. The molecule has 24 heavy (non-hydrogen) atoms. The quantitative estimate of drug-likeness (QED) is 0.150. The molecule has 0 aromatic carbocycles. The van der Waals surface area contributed by atoms with Crippen LogP contribution in [0.4, 0.5) is 0 Å². The number of rotatable bonds is 14. The third kappa shape index (κ3) is 9.48. The van der Waals surface area contributed by atoms with Gasteiger partial charge in [-0.05, 0) is 19.4 Å². The predicted octanol–water partition coefficient (Wildman–Crippen LogP) is -0.962. The van der Waals surface area contributed by atoms with Gasteiger partial charge in [0.2, 0.25) is 5.91 Å². The molecule has 0 fully saturated rings. The molecule has 0 aliphatic carbocycles. The lowest BCUT2D eigenvalue weighted by molar-refractivity contribution is -0.142. The lowest BCUT2D eigenvalue weighted by Crippen LogP contribution is -2.44. The van der Waals surface area contributed by atoms with Crippen LogP contribution in [0.5, 0.6) is 0 Å². The van der Waals surface area contributed by atoms with E-state index in [-0.39, 0.29) is 43.7 Å². The molecule has 0 aliphatic heterocycles. The van der Waals surface area contributed by atoms with Crippen LogP contribution in [0, 0.1) is 5.92 Å². The van der Waals surface area contributed by atoms with E-state index in [1.165, 1.54) is 0 Å². The molecule has 0 radical (unpaired) electrons. The van der Waals surface area contributed by atoms with Crippen LogP contribution in [0.3, 0.4) is 0 Å². The number of carboxylic acid groups (broad SMARTS) is 1. The van der Waals surface area contributed by atoms with Crippen LogP contribution in [-0.2, 0) is 23.9 Å². The van der Waals surface area contributed by atoms with Gasteiger partial charge in [0.05, 0.1) is 5.92 Å². The Hall–Kier alpha value is -1.65. The van der Waals surface area contributed by atoms with Gasteiger partial charge in [0.1, 0.15) is 11.8 Å².